The molecule has 0 bridgehead atoms. The molecule has 0 atom stereocenters. The van der Waals surface area contributed by atoms with Gasteiger partial charge in [-0.2, -0.15) is 4.98 Å². The molecule has 118 valence electrons. The minimum atomic E-state index is 0.576. The molecule has 2 aromatic rings. The number of aromatic nitrogens is 3. The molecule has 0 unspecified atom stereocenters. The van der Waals surface area contributed by atoms with E-state index in [1.807, 2.05) is 24.4 Å². The van der Waals surface area contributed by atoms with Crippen LogP contribution in [0.5, 0.6) is 0 Å². The van der Waals surface area contributed by atoms with Gasteiger partial charge in [-0.3, -0.25) is 0 Å². The van der Waals surface area contributed by atoms with Crippen molar-refractivity contribution < 1.29 is 0 Å². The summed E-state index contributed by atoms with van der Waals surface area (Å²) in [4.78, 5) is 15.9. The Labute approximate surface area is 144 Å². The van der Waals surface area contributed by atoms with Crippen LogP contribution in [0.1, 0.15) is 31.2 Å². The van der Waals surface area contributed by atoms with E-state index in [0.717, 1.165) is 23.7 Å². The van der Waals surface area contributed by atoms with Crippen molar-refractivity contribution in [1.29, 1.82) is 0 Å². The number of nitrogens with one attached hydrogen (secondary N) is 1. The molecule has 2 aromatic heterocycles. The van der Waals surface area contributed by atoms with E-state index in [9.17, 15) is 0 Å². The van der Waals surface area contributed by atoms with Gasteiger partial charge in [0, 0.05) is 28.5 Å². The third-order valence-electron chi connectivity index (χ3n) is 4.37. The maximum absolute atomic E-state index is 4.77. The number of rotatable bonds is 3. The molecule has 0 saturated heterocycles. The summed E-state index contributed by atoms with van der Waals surface area (Å²) in [6.07, 6.45) is 10.9. The normalized spacial score (nSPS) is 17.8. The molecule has 0 spiro atoms. The van der Waals surface area contributed by atoms with Crippen LogP contribution in [0.25, 0.3) is 6.08 Å². The molecule has 0 aromatic carbocycles. The quantitative estimate of drug-likeness (QED) is 0.879. The van der Waals surface area contributed by atoms with Gasteiger partial charge in [0.15, 0.2) is 0 Å². The van der Waals surface area contributed by atoms with Gasteiger partial charge in [-0.05, 0) is 31.1 Å². The summed E-state index contributed by atoms with van der Waals surface area (Å²) in [6.45, 7) is 0.887. The summed E-state index contributed by atoms with van der Waals surface area (Å²) in [5.74, 6) is 2.37. The number of anilines is 3. The van der Waals surface area contributed by atoms with Crippen molar-refractivity contribution in [1.82, 2.24) is 15.0 Å². The van der Waals surface area contributed by atoms with Gasteiger partial charge < -0.3 is 10.2 Å². The Bertz CT molecular complexity index is 725. The van der Waals surface area contributed by atoms with Gasteiger partial charge in [0.2, 0.25) is 5.95 Å². The lowest BCUT2D eigenvalue weighted by Crippen LogP contribution is -2.37. The molecular formula is C17H18BrN5. The maximum Gasteiger partial charge on any atom is 0.230 e. The Morgan fingerprint density at radius 3 is 2.83 bits per heavy atom. The lowest BCUT2D eigenvalue weighted by molar-refractivity contribution is 0.621. The highest BCUT2D eigenvalue weighted by Gasteiger charge is 2.28. The monoisotopic (exact) mass is 371 g/mol. The van der Waals surface area contributed by atoms with Crippen LogP contribution in [-0.4, -0.2) is 27.5 Å². The summed E-state index contributed by atoms with van der Waals surface area (Å²) in [6, 6.07) is 6.32. The molecule has 6 heteroatoms. The zero-order valence-corrected chi connectivity index (χ0v) is 14.3. The van der Waals surface area contributed by atoms with Gasteiger partial charge in [0.25, 0.3) is 0 Å². The first-order valence-electron chi connectivity index (χ1n) is 7.97. The molecule has 4 rings (SSSR count). The van der Waals surface area contributed by atoms with Crippen LogP contribution < -0.4 is 10.2 Å². The average Bonchev–Trinajstić information content (AvgIpc) is 3.10. The van der Waals surface area contributed by atoms with E-state index in [2.05, 4.69) is 42.2 Å². The molecule has 0 radical (unpaired) electrons. The van der Waals surface area contributed by atoms with Crippen molar-refractivity contribution in [2.45, 2.75) is 31.7 Å². The van der Waals surface area contributed by atoms with Crippen molar-refractivity contribution in [2.75, 3.05) is 16.8 Å². The molecule has 1 N–H and O–H groups in total. The number of nitrogens with zero attached hydrogens (tertiary/aromatic N) is 4. The predicted octanol–water partition coefficient (Wildman–Crippen LogP) is 4.11. The molecule has 3 heterocycles. The van der Waals surface area contributed by atoms with Gasteiger partial charge in [-0.1, -0.05) is 34.8 Å². The lowest BCUT2D eigenvalue weighted by Gasteiger charge is -2.33. The summed E-state index contributed by atoms with van der Waals surface area (Å²) in [5.41, 5.74) is 1.07. The first-order valence-corrected chi connectivity index (χ1v) is 8.77. The SMILES string of the molecule is BrC1=Cc2cnc(Nc3ccccn3)nc2N(C2CCCC2)C1. The first kappa shape index (κ1) is 14.6. The number of hydrogen-bond donors (Lipinski definition) is 1. The molecule has 1 fully saturated rings. The smallest absolute Gasteiger partial charge is 0.230 e. The standard InChI is InChI=1S/C17H18BrN5/c18-13-9-12-10-20-17(21-15-7-3-4-8-19-15)22-16(12)23(11-13)14-5-1-2-6-14/h3-4,7-10,14H,1-2,5-6,11H2,(H,19,20,21,22). The van der Waals surface area contributed by atoms with Crippen LogP contribution >= 0.6 is 15.9 Å². The third kappa shape index (κ3) is 3.08. The minimum Gasteiger partial charge on any atom is -0.348 e. The zero-order chi connectivity index (χ0) is 15.6. The number of fused-ring (bicyclic) bond motifs is 1. The van der Waals surface area contributed by atoms with Gasteiger partial charge in [-0.25, -0.2) is 9.97 Å². The second-order valence-corrected chi connectivity index (χ2v) is 6.99. The molecular weight excluding hydrogens is 354 g/mol. The average molecular weight is 372 g/mol. The fourth-order valence-electron chi connectivity index (χ4n) is 3.30. The van der Waals surface area contributed by atoms with E-state index in [1.165, 1.54) is 30.2 Å². The van der Waals surface area contributed by atoms with Crippen molar-refractivity contribution in [3.05, 3.63) is 40.6 Å². The van der Waals surface area contributed by atoms with Gasteiger partial charge >= 0.3 is 0 Å². The molecule has 23 heavy (non-hydrogen) atoms. The van der Waals surface area contributed by atoms with Crippen molar-refractivity contribution in [3.63, 3.8) is 0 Å². The second kappa shape index (κ2) is 6.28. The highest BCUT2D eigenvalue weighted by molar-refractivity contribution is 9.11. The van der Waals surface area contributed by atoms with E-state index in [0.29, 0.717) is 12.0 Å². The Kier molecular flexibility index (Phi) is 3.99. The fourth-order valence-corrected chi connectivity index (χ4v) is 3.81. The molecule has 1 saturated carbocycles. The zero-order valence-electron chi connectivity index (χ0n) is 12.7. The van der Waals surface area contributed by atoms with Gasteiger partial charge in [-0.15, -0.1) is 0 Å². The van der Waals surface area contributed by atoms with E-state index in [-0.39, 0.29) is 0 Å². The fraction of sp³-hybridized carbons (Fsp3) is 0.353. The molecule has 1 aliphatic carbocycles. The molecule has 5 nitrogen and oxygen atoms in total. The second-order valence-electron chi connectivity index (χ2n) is 5.97. The van der Waals surface area contributed by atoms with Crippen LogP contribution in [0.2, 0.25) is 0 Å². The Morgan fingerprint density at radius 1 is 1.17 bits per heavy atom. The molecule has 1 aliphatic heterocycles. The lowest BCUT2D eigenvalue weighted by atomic mass is 10.1. The van der Waals surface area contributed by atoms with E-state index >= 15 is 0 Å². The van der Waals surface area contributed by atoms with Crippen LogP contribution in [-0.2, 0) is 0 Å². The summed E-state index contributed by atoms with van der Waals surface area (Å²) < 4.78 is 1.19. The van der Waals surface area contributed by atoms with E-state index in [4.69, 9.17) is 4.98 Å². The Balaban J connectivity index is 1.66. The Morgan fingerprint density at radius 2 is 2.04 bits per heavy atom. The highest BCUT2D eigenvalue weighted by Crippen LogP contribution is 2.35. The van der Waals surface area contributed by atoms with Gasteiger partial charge in [0.05, 0.1) is 6.54 Å². The summed E-state index contributed by atoms with van der Waals surface area (Å²) in [5, 5.41) is 3.18. The van der Waals surface area contributed by atoms with E-state index < -0.39 is 0 Å². The van der Waals surface area contributed by atoms with Crippen molar-refractivity contribution in [3.8, 4) is 0 Å². The van der Waals surface area contributed by atoms with Crippen molar-refractivity contribution >= 4 is 39.6 Å². The number of pyridine rings is 1. The van der Waals surface area contributed by atoms with Crippen LogP contribution in [0.15, 0.2) is 35.1 Å². The third-order valence-corrected chi connectivity index (χ3v) is 4.85. The summed E-state index contributed by atoms with van der Waals surface area (Å²) in [7, 11) is 0. The number of halogens is 1. The first-order chi connectivity index (χ1) is 11.3. The van der Waals surface area contributed by atoms with Crippen LogP contribution in [0.3, 0.4) is 0 Å². The van der Waals surface area contributed by atoms with Crippen LogP contribution in [0, 0.1) is 0 Å². The van der Waals surface area contributed by atoms with Gasteiger partial charge in [0.1, 0.15) is 11.6 Å². The van der Waals surface area contributed by atoms with Crippen molar-refractivity contribution in [2.24, 2.45) is 0 Å². The van der Waals surface area contributed by atoms with Crippen LogP contribution in [0.4, 0.5) is 17.6 Å². The topological polar surface area (TPSA) is 53.9 Å². The largest absolute Gasteiger partial charge is 0.348 e. The number of hydrogen-bond acceptors (Lipinski definition) is 5. The van der Waals surface area contributed by atoms with E-state index in [1.54, 1.807) is 6.20 Å². The molecule has 0 amide bonds. The molecule has 2 aliphatic rings. The minimum absolute atomic E-state index is 0.576. The Hall–Kier alpha value is -1.95. The highest BCUT2D eigenvalue weighted by atomic mass is 79.9. The predicted molar refractivity (Wildman–Crippen MR) is 96.1 cm³/mol. The maximum atomic E-state index is 4.77. The summed E-state index contributed by atoms with van der Waals surface area (Å²) >= 11 is 3.66.